The summed E-state index contributed by atoms with van der Waals surface area (Å²) in [6.45, 7) is 6.88. The van der Waals surface area contributed by atoms with Crippen LogP contribution < -0.4 is 11.1 Å². The molecule has 31 heavy (non-hydrogen) atoms. The van der Waals surface area contributed by atoms with Crippen molar-refractivity contribution >= 4 is 29.0 Å². The topological polar surface area (TPSA) is 76.2 Å². The molecule has 0 aliphatic carbocycles. The van der Waals surface area contributed by atoms with Crippen molar-refractivity contribution in [1.82, 2.24) is 14.5 Å². The minimum Gasteiger partial charge on any atom is -0.340 e. The van der Waals surface area contributed by atoms with Gasteiger partial charge in [-0.2, -0.15) is 0 Å². The van der Waals surface area contributed by atoms with Crippen LogP contribution in [0.15, 0.2) is 42.5 Å². The molecular weight excluding hydrogens is 417 g/mol. The fraction of sp³-hybridized carbons (Fsp3) is 0.304. The number of halogens is 2. The number of imidazole rings is 1. The van der Waals surface area contributed by atoms with Crippen LogP contribution >= 0.6 is 11.6 Å². The van der Waals surface area contributed by atoms with Gasteiger partial charge in [-0.1, -0.05) is 17.7 Å². The summed E-state index contributed by atoms with van der Waals surface area (Å²) < 4.78 is 15.6. The van der Waals surface area contributed by atoms with Crippen molar-refractivity contribution < 1.29 is 9.18 Å². The maximum atomic E-state index is 13.5. The van der Waals surface area contributed by atoms with E-state index in [4.69, 9.17) is 22.3 Å². The smallest absolute Gasteiger partial charge is 0.237 e. The first kappa shape index (κ1) is 21.3. The van der Waals surface area contributed by atoms with E-state index in [1.165, 1.54) is 12.1 Å². The molecule has 0 saturated carbocycles. The molecule has 3 N–H and O–H groups in total. The number of nitrogens with two attached hydrogens (primary N) is 1. The van der Waals surface area contributed by atoms with Gasteiger partial charge < -0.3 is 20.5 Å². The summed E-state index contributed by atoms with van der Waals surface area (Å²) in [6, 6.07) is 12.0. The van der Waals surface area contributed by atoms with E-state index in [2.05, 4.69) is 9.88 Å². The highest BCUT2D eigenvalue weighted by Gasteiger charge is 2.41. The third kappa shape index (κ3) is 3.79. The van der Waals surface area contributed by atoms with Crippen molar-refractivity contribution in [3.05, 3.63) is 64.7 Å². The molecule has 0 spiro atoms. The van der Waals surface area contributed by atoms with Crippen LogP contribution in [-0.4, -0.2) is 33.4 Å². The quantitative estimate of drug-likeness (QED) is 0.628. The first-order valence-electron chi connectivity index (χ1n) is 10.1. The van der Waals surface area contributed by atoms with Gasteiger partial charge in [-0.05, 0) is 62.7 Å². The Labute approximate surface area is 185 Å². The number of nitrogens with one attached hydrogen (secondary N) is 1. The molecule has 4 rings (SSSR count). The molecule has 0 bridgehead atoms. The van der Waals surface area contributed by atoms with Gasteiger partial charge in [0.25, 0.3) is 0 Å². The molecule has 1 aromatic heterocycles. The molecule has 0 radical (unpaired) electrons. The third-order valence-corrected chi connectivity index (χ3v) is 6.17. The predicted molar refractivity (Wildman–Crippen MR) is 121 cm³/mol. The Kier molecular flexibility index (Phi) is 5.49. The Morgan fingerprint density at radius 1 is 1.23 bits per heavy atom. The van der Waals surface area contributed by atoms with E-state index in [1.54, 1.807) is 17.0 Å². The van der Waals surface area contributed by atoms with Gasteiger partial charge >= 0.3 is 0 Å². The number of carbonyl (C=O) groups is 1. The van der Waals surface area contributed by atoms with E-state index in [1.807, 2.05) is 39.0 Å². The summed E-state index contributed by atoms with van der Waals surface area (Å²) in [7, 11) is 0. The lowest BCUT2D eigenvalue weighted by atomic mass is 9.99. The largest absolute Gasteiger partial charge is 0.340 e. The number of nitrogens with zero attached hydrogens (tertiary/aromatic N) is 3. The first-order chi connectivity index (χ1) is 14.7. The number of aryl methyl sites for hydroxylation is 1. The number of hydrogen-bond acceptors (Lipinski definition) is 4. The molecule has 6 nitrogen and oxygen atoms in total. The molecule has 2 heterocycles. The van der Waals surface area contributed by atoms with Crippen molar-refractivity contribution in [1.29, 1.82) is 0 Å². The molecule has 1 amide bonds. The van der Waals surface area contributed by atoms with Crippen molar-refractivity contribution in [3.63, 3.8) is 0 Å². The molecule has 8 heteroatoms. The minimum absolute atomic E-state index is 0.0536. The predicted octanol–water partition coefficient (Wildman–Crippen LogP) is 4.43. The molecule has 0 saturated heterocycles. The lowest BCUT2D eigenvalue weighted by Gasteiger charge is -2.42. The van der Waals surface area contributed by atoms with Gasteiger partial charge in [-0.3, -0.25) is 4.79 Å². The first-order valence-corrected chi connectivity index (χ1v) is 10.5. The highest BCUT2D eigenvalue weighted by atomic mass is 35.5. The molecule has 3 aromatic rings. The zero-order valence-electron chi connectivity index (χ0n) is 17.7. The molecule has 0 unspecified atom stereocenters. The average molecular weight is 442 g/mol. The van der Waals surface area contributed by atoms with Crippen LogP contribution in [0.1, 0.15) is 25.2 Å². The molecule has 2 aromatic carbocycles. The van der Waals surface area contributed by atoms with Crippen LogP contribution in [0.2, 0.25) is 5.02 Å². The Morgan fingerprint density at radius 2 is 1.94 bits per heavy atom. The zero-order valence-corrected chi connectivity index (χ0v) is 18.5. The Morgan fingerprint density at radius 3 is 2.58 bits per heavy atom. The second kappa shape index (κ2) is 7.98. The van der Waals surface area contributed by atoms with Crippen molar-refractivity contribution in [2.24, 2.45) is 5.73 Å². The van der Waals surface area contributed by atoms with Crippen LogP contribution in [0, 0.1) is 12.7 Å². The van der Waals surface area contributed by atoms with Crippen molar-refractivity contribution in [2.45, 2.75) is 32.9 Å². The standard InChI is InChI=1S/C23H25ClFN5O/c1-14-4-9-17(12-18(14)24)27-21-20(15-5-7-16(25)8-6-15)28-22-23(2,3)30(19(31)13-26)11-10-29(21)22/h4-9,12,27H,10-11,13,26H2,1-3H3. The number of fused-ring (bicyclic) bond motifs is 1. The normalized spacial score (nSPS) is 15.0. The molecule has 0 fully saturated rings. The van der Waals surface area contributed by atoms with Crippen molar-refractivity contribution in [2.75, 3.05) is 18.4 Å². The maximum absolute atomic E-state index is 13.5. The fourth-order valence-corrected chi connectivity index (χ4v) is 4.21. The second-order valence-electron chi connectivity index (χ2n) is 8.19. The molecule has 0 atom stereocenters. The Balaban J connectivity index is 1.86. The van der Waals surface area contributed by atoms with E-state index < -0.39 is 5.54 Å². The van der Waals surface area contributed by atoms with E-state index in [-0.39, 0.29) is 18.3 Å². The van der Waals surface area contributed by atoms with Gasteiger partial charge in [0.2, 0.25) is 5.91 Å². The van der Waals surface area contributed by atoms with E-state index in [0.717, 1.165) is 28.5 Å². The van der Waals surface area contributed by atoms with Gasteiger partial charge in [0.05, 0.1) is 12.1 Å². The third-order valence-electron chi connectivity index (χ3n) is 5.76. The van der Waals surface area contributed by atoms with Gasteiger partial charge in [-0.15, -0.1) is 0 Å². The highest BCUT2D eigenvalue weighted by Crippen LogP contribution is 2.39. The summed E-state index contributed by atoms with van der Waals surface area (Å²) in [5.74, 6) is 1.07. The van der Waals surface area contributed by atoms with Gasteiger partial charge in [0.1, 0.15) is 23.2 Å². The Hall–Kier alpha value is -2.90. The number of aromatic nitrogens is 2. The van der Waals surface area contributed by atoms with Crippen LogP contribution in [0.5, 0.6) is 0 Å². The number of benzene rings is 2. The number of carbonyl (C=O) groups excluding carboxylic acids is 1. The summed E-state index contributed by atoms with van der Waals surface area (Å²) >= 11 is 6.33. The summed E-state index contributed by atoms with van der Waals surface area (Å²) in [4.78, 5) is 19.1. The van der Waals surface area contributed by atoms with Crippen LogP contribution in [-0.2, 0) is 16.9 Å². The lowest BCUT2D eigenvalue weighted by molar-refractivity contribution is -0.137. The molecule has 1 aliphatic rings. The van der Waals surface area contributed by atoms with E-state index in [9.17, 15) is 9.18 Å². The number of rotatable bonds is 4. The number of amides is 1. The van der Waals surface area contributed by atoms with Gasteiger partial charge in [0.15, 0.2) is 0 Å². The lowest BCUT2D eigenvalue weighted by Crippen LogP contribution is -2.53. The molecule has 162 valence electrons. The Bertz CT molecular complexity index is 1140. The van der Waals surface area contributed by atoms with Crippen LogP contribution in [0.25, 0.3) is 11.3 Å². The summed E-state index contributed by atoms with van der Waals surface area (Å²) in [5.41, 5.74) is 8.24. The van der Waals surface area contributed by atoms with Crippen LogP contribution in [0.3, 0.4) is 0 Å². The average Bonchev–Trinajstić information content (AvgIpc) is 3.10. The van der Waals surface area contributed by atoms with Gasteiger partial charge in [0, 0.05) is 29.4 Å². The monoisotopic (exact) mass is 441 g/mol. The van der Waals surface area contributed by atoms with E-state index >= 15 is 0 Å². The number of hydrogen-bond donors (Lipinski definition) is 2. The second-order valence-corrected chi connectivity index (χ2v) is 8.60. The van der Waals surface area contributed by atoms with Crippen molar-refractivity contribution in [3.8, 4) is 11.3 Å². The van der Waals surface area contributed by atoms with Gasteiger partial charge in [-0.25, -0.2) is 9.37 Å². The summed E-state index contributed by atoms with van der Waals surface area (Å²) in [5, 5.41) is 4.11. The number of anilines is 2. The zero-order chi connectivity index (χ0) is 22.3. The van der Waals surface area contributed by atoms with E-state index in [0.29, 0.717) is 23.8 Å². The fourth-order valence-electron chi connectivity index (χ4n) is 4.03. The maximum Gasteiger partial charge on any atom is 0.237 e. The molecular formula is C23H25ClFN5O. The SMILES string of the molecule is Cc1ccc(Nc2c(-c3ccc(F)cc3)nc3n2CCN(C(=O)CN)C3(C)C)cc1Cl. The molecule has 1 aliphatic heterocycles. The van der Waals surface area contributed by atoms with Crippen LogP contribution in [0.4, 0.5) is 15.9 Å². The summed E-state index contributed by atoms with van der Waals surface area (Å²) in [6.07, 6.45) is 0. The minimum atomic E-state index is -0.658. The highest BCUT2D eigenvalue weighted by molar-refractivity contribution is 6.31.